The summed E-state index contributed by atoms with van der Waals surface area (Å²) in [5.41, 5.74) is 0. The SMILES string of the molecule is CCCCCCSCCOC. The fourth-order valence-corrected chi connectivity index (χ4v) is 1.77. The van der Waals surface area contributed by atoms with E-state index in [4.69, 9.17) is 4.74 Å². The minimum atomic E-state index is 0.901. The first kappa shape index (κ1) is 11.3. The standard InChI is InChI=1S/C9H20OS/c1-3-4-5-6-8-11-9-7-10-2/h3-9H2,1-2H3. The lowest BCUT2D eigenvalue weighted by molar-refractivity contribution is 0.218. The molecule has 11 heavy (non-hydrogen) atoms. The van der Waals surface area contributed by atoms with Crippen LogP contribution in [0.3, 0.4) is 0 Å². The summed E-state index contributed by atoms with van der Waals surface area (Å²) in [5, 5.41) is 0. The van der Waals surface area contributed by atoms with E-state index in [2.05, 4.69) is 6.92 Å². The van der Waals surface area contributed by atoms with Crippen LogP contribution in [0.5, 0.6) is 0 Å². The van der Waals surface area contributed by atoms with Crippen LogP contribution in [0.4, 0.5) is 0 Å². The monoisotopic (exact) mass is 176 g/mol. The molecule has 2 heteroatoms. The van der Waals surface area contributed by atoms with E-state index < -0.39 is 0 Å². The van der Waals surface area contributed by atoms with E-state index >= 15 is 0 Å². The summed E-state index contributed by atoms with van der Waals surface area (Å²) < 4.78 is 4.95. The Kier molecular flexibility index (Phi) is 10.6. The third-order valence-corrected chi connectivity index (χ3v) is 2.61. The van der Waals surface area contributed by atoms with Crippen molar-refractivity contribution in [3.8, 4) is 0 Å². The molecule has 68 valence electrons. The van der Waals surface area contributed by atoms with Gasteiger partial charge in [-0.25, -0.2) is 0 Å². The van der Waals surface area contributed by atoms with Gasteiger partial charge in [0.25, 0.3) is 0 Å². The van der Waals surface area contributed by atoms with Crippen molar-refractivity contribution < 1.29 is 4.74 Å². The number of thioether (sulfide) groups is 1. The van der Waals surface area contributed by atoms with Crippen LogP contribution < -0.4 is 0 Å². The predicted molar refractivity (Wildman–Crippen MR) is 53.3 cm³/mol. The van der Waals surface area contributed by atoms with Gasteiger partial charge in [0.05, 0.1) is 6.61 Å². The summed E-state index contributed by atoms with van der Waals surface area (Å²) in [6.07, 6.45) is 5.51. The fraction of sp³-hybridized carbons (Fsp3) is 1.00. The predicted octanol–water partition coefficient (Wildman–Crippen LogP) is 2.95. The van der Waals surface area contributed by atoms with Gasteiger partial charge in [-0.05, 0) is 12.2 Å². The maximum atomic E-state index is 4.95. The highest BCUT2D eigenvalue weighted by Gasteiger charge is 1.89. The van der Waals surface area contributed by atoms with Crippen LogP contribution in [-0.4, -0.2) is 25.2 Å². The number of unbranched alkanes of at least 4 members (excludes halogenated alkanes) is 3. The molecule has 0 N–H and O–H groups in total. The number of hydrogen-bond donors (Lipinski definition) is 0. The van der Waals surface area contributed by atoms with E-state index in [0.717, 1.165) is 12.4 Å². The Bertz CT molecular complexity index is 58.6. The summed E-state index contributed by atoms with van der Waals surface area (Å²) in [6.45, 7) is 3.15. The van der Waals surface area contributed by atoms with E-state index in [0.29, 0.717) is 0 Å². The smallest absolute Gasteiger partial charge is 0.0552 e. The molecule has 0 atom stereocenters. The third-order valence-electron chi connectivity index (χ3n) is 1.57. The van der Waals surface area contributed by atoms with Crippen molar-refractivity contribution in [2.45, 2.75) is 32.6 Å². The van der Waals surface area contributed by atoms with Crippen molar-refractivity contribution in [1.29, 1.82) is 0 Å². The van der Waals surface area contributed by atoms with Gasteiger partial charge >= 0.3 is 0 Å². The molecule has 0 saturated heterocycles. The van der Waals surface area contributed by atoms with Crippen LogP contribution in [-0.2, 0) is 4.74 Å². The van der Waals surface area contributed by atoms with Crippen LogP contribution in [0.25, 0.3) is 0 Å². The van der Waals surface area contributed by atoms with Crippen LogP contribution >= 0.6 is 11.8 Å². The van der Waals surface area contributed by atoms with Crippen LogP contribution in [0.2, 0.25) is 0 Å². The zero-order valence-corrected chi connectivity index (χ0v) is 8.58. The molecule has 0 bridgehead atoms. The molecular formula is C9H20OS. The quantitative estimate of drug-likeness (QED) is 0.526. The first-order valence-electron chi connectivity index (χ1n) is 4.48. The van der Waals surface area contributed by atoms with Gasteiger partial charge in [-0.15, -0.1) is 0 Å². The second-order valence-corrected chi connectivity index (χ2v) is 3.89. The van der Waals surface area contributed by atoms with Gasteiger partial charge in [0.2, 0.25) is 0 Å². The normalized spacial score (nSPS) is 10.4. The number of rotatable bonds is 8. The molecule has 1 nitrogen and oxygen atoms in total. The van der Waals surface area contributed by atoms with Crippen LogP contribution in [0.15, 0.2) is 0 Å². The zero-order valence-electron chi connectivity index (χ0n) is 7.77. The van der Waals surface area contributed by atoms with Crippen molar-refractivity contribution in [2.24, 2.45) is 0 Å². The summed E-state index contributed by atoms with van der Waals surface area (Å²) in [7, 11) is 1.76. The highest BCUT2D eigenvalue weighted by Crippen LogP contribution is 2.06. The molecule has 0 amide bonds. The van der Waals surface area contributed by atoms with E-state index in [-0.39, 0.29) is 0 Å². The molecule has 0 radical (unpaired) electrons. The van der Waals surface area contributed by atoms with Gasteiger partial charge in [0, 0.05) is 12.9 Å². The molecule has 0 saturated carbocycles. The molecule has 0 aromatic heterocycles. The zero-order chi connectivity index (χ0) is 8.36. The van der Waals surface area contributed by atoms with Gasteiger partial charge < -0.3 is 4.74 Å². The van der Waals surface area contributed by atoms with Crippen LogP contribution in [0.1, 0.15) is 32.6 Å². The first-order valence-corrected chi connectivity index (χ1v) is 5.64. The number of methoxy groups -OCH3 is 1. The van der Waals surface area contributed by atoms with E-state index in [1.54, 1.807) is 7.11 Å². The van der Waals surface area contributed by atoms with Gasteiger partial charge in [0.1, 0.15) is 0 Å². The molecule has 0 aliphatic carbocycles. The minimum Gasteiger partial charge on any atom is -0.384 e. The van der Waals surface area contributed by atoms with Gasteiger partial charge in [-0.1, -0.05) is 26.2 Å². The van der Waals surface area contributed by atoms with Crippen molar-refractivity contribution in [3.63, 3.8) is 0 Å². The lowest BCUT2D eigenvalue weighted by Crippen LogP contribution is -1.92. The Morgan fingerprint density at radius 3 is 2.55 bits per heavy atom. The molecule has 0 unspecified atom stereocenters. The summed E-state index contributed by atoms with van der Waals surface area (Å²) in [5.74, 6) is 2.46. The molecular weight excluding hydrogens is 156 g/mol. The maximum absolute atomic E-state index is 4.95. The molecule has 0 aromatic carbocycles. The first-order chi connectivity index (χ1) is 5.41. The lowest BCUT2D eigenvalue weighted by Gasteiger charge is -1.99. The van der Waals surface area contributed by atoms with Gasteiger partial charge in [-0.2, -0.15) is 11.8 Å². The second kappa shape index (κ2) is 10.3. The average Bonchev–Trinajstić information content (AvgIpc) is 2.03. The highest BCUT2D eigenvalue weighted by molar-refractivity contribution is 7.99. The van der Waals surface area contributed by atoms with Gasteiger partial charge in [-0.3, -0.25) is 0 Å². The van der Waals surface area contributed by atoms with Gasteiger partial charge in [0.15, 0.2) is 0 Å². The number of ether oxygens (including phenoxy) is 1. The van der Waals surface area contributed by atoms with E-state index in [9.17, 15) is 0 Å². The summed E-state index contributed by atoms with van der Waals surface area (Å²) >= 11 is 2.00. The summed E-state index contributed by atoms with van der Waals surface area (Å²) in [6, 6.07) is 0. The van der Waals surface area contributed by atoms with E-state index in [1.807, 2.05) is 11.8 Å². The molecule has 0 fully saturated rings. The lowest BCUT2D eigenvalue weighted by atomic mass is 10.2. The largest absolute Gasteiger partial charge is 0.384 e. The number of hydrogen-bond acceptors (Lipinski definition) is 2. The second-order valence-electron chi connectivity index (χ2n) is 2.67. The third kappa shape index (κ3) is 10.3. The Morgan fingerprint density at radius 2 is 1.91 bits per heavy atom. The molecule has 0 heterocycles. The Hall–Kier alpha value is 0.310. The molecule has 0 aromatic rings. The van der Waals surface area contributed by atoms with Crippen LogP contribution in [0, 0.1) is 0 Å². The van der Waals surface area contributed by atoms with Crippen molar-refractivity contribution in [1.82, 2.24) is 0 Å². The van der Waals surface area contributed by atoms with Crippen molar-refractivity contribution >= 4 is 11.8 Å². The van der Waals surface area contributed by atoms with E-state index in [1.165, 1.54) is 31.4 Å². The minimum absolute atomic E-state index is 0.901. The Labute approximate surface area is 74.9 Å². The molecule has 0 aliphatic rings. The molecule has 0 spiro atoms. The fourth-order valence-electron chi connectivity index (χ4n) is 0.875. The van der Waals surface area contributed by atoms with Crippen molar-refractivity contribution in [2.75, 3.05) is 25.2 Å². The maximum Gasteiger partial charge on any atom is 0.0552 e. The molecule has 0 aliphatic heterocycles. The molecule has 0 rings (SSSR count). The Morgan fingerprint density at radius 1 is 1.09 bits per heavy atom. The van der Waals surface area contributed by atoms with Crippen molar-refractivity contribution in [3.05, 3.63) is 0 Å². The Balaban J connectivity index is 2.69. The highest BCUT2D eigenvalue weighted by atomic mass is 32.2. The average molecular weight is 176 g/mol. The summed E-state index contributed by atoms with van der Waals surface area (Å²) in [4.78, 5) is 0. The topological polar surface area (TPSA) is 9.23 Å².